The number of aromatic nitrogens is 1. The van der Waals surface area contributed by atoms with Gasteiger partial charge in [-0.05, 0) is 30.0 Å². The summed E-state index contributed by atoms with van der Waals surface area (Å²) in [5.74, 6) is -0.383. The Morgan fingerprint density at radius 1 is 1.41 bits per heavy atom. The highest BCUT2D eigenvalue weighted by Gasteiger charge is 2.23. The number of pyridine rings is 1. The Kier molecular flexibility index (Phi) is 5.11. The van der Waals surface area contributed by atoms with Crippen LogP contribution in [0.15, 0.2) is 47.6 Å². The highest BCUT2D eigenvalue weighted by atomic mass is 32.2. The maximum absolute atomic E-state index is 12.5. The van der Waals surface area contributed by atoms with Gasteiger partial charge in [-0.1, -0.05) is 6.07 Å². The smallest absolute Gasteiger partial charge is 0.282 e. The summed E-state index contributed by atoms with van der Waals surface area (Å²) in [6.07, 6.45) is 5.17. The number of nitro benzene ring substituents is 1. The lowest BCUT2D eigenvalue weighted by atomic mass is 10.1. The van der Waals surface area contributed by atoms with Crippen molar-refractivity contribution in [2.24, 2.45) is 0 Å². The first-order valence-electron chi connectivity index (χ1n) is 6.49. The molecule has 1 aromatic heterocycles. The van der Waals surface area contributed by atoms with Gasteiger partial charge in [-0.15, -0.1) is 11.8 Å². The third kappa shape index (κ3) is 3.62. The molecule has 22 heavy (non-hydrogen) atoms. The van der Waals surface area contributed by atoms with Gasteiger partial charge in [-0.3, -0.25) is 19.9 Å². The third-order valence-electron chi connectivity index (χ3n) is 3.12. The molecule has 0 unspecified atom stereocenters. The van der Waals surface area contributed by atoms with Gasteiger partial charge in [0.15, 0.2) is 0 Å². The summed E-state index contributed by atoms with van der Waals surface area (Å²) in [5, 5.41) is 11.1. The average molecular weight is 317 g/mol. The van der Waals surface area contributed by atoms with Crippen LogP contribution in [0.1, 0.15) is 15.9 Å². The Morgan fingerprint density at radius 3 is 2.77 bits per heavy atom. The number of hydrogen-bond acceptors (Lipinski definition) is 5. The molecule has 0 N–H and O–H groups in total. The van der Waals surface area contributed by atoms with Gasteiger partial charge in [0.25, 0.3) is 11.6 Å². The van der Waals surface area contributed by atoms with E-state index < -0.39 is 4.92 Å². The fourth-order valence-corrected chi connectivity index (χ4v) is 2.46. The molecular weight excluding hydrogens is 302 g/mol. The van der Waals surface area contributed by atoms with Crippen molar-refractivity contribution in [3.05, 3.63) is 64.0 Å². The summed E-state index contributed by atoms with van der Waals surface area (Å²) in [6, 6.07) is 8.20. The van der Waals surface area contributed by atoms with E-state index in [1.165, 1.54) is 22.7 Å². The highest BCUT2D eigenvalue weighted by Crippen LogP contribution is 2.26. The summed E-state index contributed by atoms with van der Waals surface area (Å²) in [4.78, 5) is 29.4. The van der Waals surface area contributed by atoms with Crippen LogP contribution in [0.4, 0.5) is 5.69 Å². The maximum atomic E-state index is 12.5. The van der Waals surface area contributed by atoms with E-state index in [4.69, 9.17) is 0 Å². The fourth-order valence-electron chi connectivity index (χ4n) is 2.02. The third-order valence-corrected chi connectivity index (χ3v) is 3.85. The number of thioether (sulfide) groups is 1. The zero-order chi connectivity index (χ0) is 16.1. The lowest BCUT2D eigenvalue weighted by Gasteiger charge is -2.17. The Hall–Kier alpha value is -2.41. The molecule has 2 rings (SSSR count). The first-order chi connectivity index (χ1) is 10.5. The molecule has 0 aliphatic rings. The largest absolute Gasteiger partial charge is 0.337 e. The minimum atomic E-state index is -0.532. The summed E-state index contributed by atoms with van der Waals surface area (Å²) < 4.78 is 0. The normalized spacial score (nSPS) is 10.3. The SMILES string of the molecule is CSc1ccc([N+](=O)[O-])c(C(=O)N(C)Cc2cccnc2)c1. The molecule has 0 spiro atoms. The first kappa shape index (κ1) is 16.0. The van der Waals surface area contributed by atoms with Crippen molar-refractivity contribution in [3.63, 3.8) is 0 Å². The van der Waals surface area contributed by atoms with E-state index in [1.807, 2.05) is 12.3 Å². The molecule has 0 bridgehead atoms. The molecule has 1 aromatic carbocycles. The number of rotatable bonds is 5. The number of nitro groups is 1. The van der Waals surface area contributed by atoms with Crippen molar-refractivity contribution in [3.8, 4) is 0 Å². The summed E-state index contributed by atoms with van der Waals surface area (Å²) in [7, 11) is 1.62. The van der Waals surface area contributed by atoms with Gasteiger partial charge in [0.2, 0.25) is 0 Å². The molecular formula is C15H15N3O3S. The van der Waals surface area contributed by atoms with Crippen molar-refractivity contribution < 1.29 is 9.72 Å². The van der Waals surface area contributed by atoms with Crippen molar-refractivity contribution >= 4 is 23.4 Å². The fraction of sp³-hybridized carbons (Fsp3) is 0.200. The van der Waals surface area contributed by atoms with Crippen LogP contribution in [0.25, 0.3) is 0 Å². The van der Waals surface area contributed by atoms with Crippen LogP contribution in [0.5, 0.6) is 0 Å². The van der Waals surface area contributed by atoms with Crippen molar-refractivity contribution in [1.29, 1.82) is 0 Å². The second-order valence-corrected chi connectivity index (χ2v) is 5.54. The van der Waals surface area contributed by atoms with Crippen molar-refractivity contribution in [1.82, 2.24) is 9.88 Å². The molecule has 0 saturated carbocycles. The van der Waals surface area contributed by atoms with Crippen LogP contribution in [0, 0.1) is 10.1 Å². The van der Waals surface area contributed by atoms with Crippen molar-refractivity contribution in [2.45, 2.75) is 11.4 Å². The Bertz CT molecular complexity index is 692. The molecule has 0 radical (unpaired) electrons. The van der Waals surface area contributed by atoms with Gasteiger partial charge in [0, 0.05) is 36.9 Å². The molecule has 114 valence electrons. The number of carbonyl (C=O) groups is 1. The number of nitrogens with zero attached hydrogens (tertiary/aromatic N) is 3. The molecule has 0 atom stereocenters. The second-order valence-electron chi connectivity index (χ2n) is 4.66. The van der Waals surface area contributed by atoms with E-state index in [0.717, 1.165) is 10.5 Å². The number of hydrogen-bond donors (Lipinski definition) is 0. The van der Waals surface area contributed by atoms with Crippen LogP contribution in [0.3, 0.4) is 0 Å². The molecule has 1 heterocycles. The van der Waals surface area contributed by atoms with E-state index in [1.54, 1.807) is 37.6 Å². The molecule has 0 aliphatic heterocycles. The zero-order valence-electron chi connectivity index (χ0n) is 12.2. The van der Waals surface area contributed by atoms with Crippen LogP contribution < -0.4 is 0 Å². The van der Waals surface area contributed by atoms with E-state index >= 15 is 0 Å². The monoisotopic (exact) mass is 317 g/mol. The second kappa shape index (κ2) is 7.04. The Morgan fingerprint density at radius 2 is 2.18 bits per heavy atom. The maximum Gasteiger partial charge on any atom is 0.282 e. The van der Waals surface area contributed by atoms with Gasteiger partial charge < -0.3 is 4.90 Å². The highest BCUT2D eigenvalue weighted by molar-refractivity contribution is 7.98. The van der Waals surface area contributed by atoms with Crippen LogP contribution >= 0.6 is 11.8 Å². The molecule has 7 heteroatoms. The van der Waals surface area contributed by atoms with E-state index in [2.05, 4.69) is 4.98 Å². The minimum Gasteiger partial charge on any atom is -0.337 e. The zero-order valence-corrected chi connectivity index (χ0v) is 13.0. The molecule has 2 aromatic rings. The minimum absolute atomic E-state index is 0.100. The summed E-state index contributed by atoms with van der Waals surface area (Å²) in [5.41, 5.74) is 0.783. The molecule has 6 nitrogen and oxygen atoms in total. The number of carbonyl (C=O) groups excluding carboxylic acids is 1. The van der Waals surface area contributed by atoms with E-state index in [-0.39, 0.29) is 17.2 Å². The Labute approximate surface area is 132 Å². The van der Waals surface area contributed by atoms with Gasteiger partial charge in [-0.2, -0.15) is 0 Å². The number of benzene rings is 1. The summed E-state index contributed by atoms with van der Waals surface area (Å²) in [6.45, 7) is 0.341. The topological polar surface area (TPSA) is 76.3 Å². The van der Waals surface area contributed by atoms with Crippen molar-refractivity contribution in [2.75, 3.05) is 13.3 Å². The predicted molar refractivity (Wildman–Crippen MR) is 84.9 cm³/mol. The molecule has 1 amide bonds. The lowest BCUT2D eigenvalue weighted by molar-refractivity contribution is -0.385. The Balaban J connectivity index is 2.29. The van der Waals surface area contributed by atoms with E-state index in [9.17, 15) is 14.9 Å². The molecule has 0 aliphatic carbocycles. The van der Waals surface area contributed by atoms with Gasteiger partial charge in [0.1, 0.15) is 5.56 Å². The standard InChI is InChI=1S/C15H15N3O3S/c1-17(10-11-4-3-7-16-9-11)15(19)13-8-12(22-2)5-6-14(13)18(20)21/h3-9H,10H2,1-2H3. The van der Waals surface area contributed by atoms with E-state index in [0.29, 0.717) is 6.54 Å². The van der Waals surface area contributed by atoms with Crippen LogP contribution in [0.2, 0.25) is 0 Å². The average Bonchev–Trinajstić information content (AvgIpc) is 2.54. The predicted octanol–water partition coefficient (Wildman–Crippen LogP) is 2.98. The molecule has 0 fully saturated rings. The molecule has 0 saturated heterocycles. The van der Waals surface area contributed by atoms with Crippen LogP contribution in [-0.4, -0.2) is 34.0 Å². The lowest BCUT2D eigenvalue weighted by Crippen LogP contribution is -2.27. The van der Waals surface area contributed by atoms with Crippen LogP contribution in [-0.2, 0) is 6.54 Å². The summed E-state index contributed by atoms with van der Waals surface area (Å²) >= 11 is 1.43. The van der Waals surface area contributed by atoms with Gasteiger partial charge >= 0.3 is 0 Å². The van der Waals surface area contributed by atoms with Gasteiger partial charge in [0.05, 0.1) is 4.92 Å². The first-order valence-corrected chi connectivity index (χ1v) is 7.72. The quantitative estimate of drug-likeness (QED) is 0.481. The van der Waals surface area contributed by atoms with Gasteiger partial charge in [-0.25, -0.2) is 0 Å². The number of amides is 1.